The molecule has 0 aromatic heterocycles. The second-order valence-electron chi connectivity index (χ2n) is 4.64. The summed E-state index contributed by atoms with van der Waals surface area (Å²) in [6.45, 7) is 0. The highest BCUT2D eigenvalue weighted by atomic mass is 32.2. The fraction of sp³-hybridized carbons (Fsp3) is 0.0667. The summed E-state index contributed by atoms with van der Waals surface area (Å²) >= 11 is -1.69. The van der Waals surface area contributed by atoms with Crippen molar-refractivity contribution in [3.63, 3.8) is 0 Å². The van der Waals surface area contributed by atoms with Gasteiger partial charge in [0.1, 0.15) is 5.56 Å². The van der Waals surface area contributed by atoms with Crippen LogP contribution in [0.1, 0.15) is 31.8 Å². The Kier molecular flexibility index (Phi) is 3.19. The van der Waals surface area contributed by atoms with Crippen LogP contribution in [-0.4, -0.2) is 26.7 Å². The predicted molar refractivity (Wildman–Crippen MR) is 74.3 cm³/mol. The molecule has 0 saturated heterocycles. The van der Waals surface area contributed by atoms with Crippen molar-refractivity contribution in [3.05, 3.63) is 58.7 Å². The number of aromatic carboxylic acids is 2. The second kappa shape index (κ2) is 4.91. The molecule has 1 aliphatic heterocycles. The van der Waals surface area contributed by atoms with Gasteiger partial charge in [-0.1, -0.05) is 24.3 Å². The summed E-state index contributed by atoms with van der Waals surface area (Å²) in [5.74, 6) is -2.72. The van der Waals surface area contributed by atoms with E-state index < -0.39 is 23.1 Å². The van der Waals surface area contributed by atoms with Crippen molar-refractivity contribution in [2.24, 2.45) is 0 Å². The Morgan fingerprint density at radius 2 is 1.71 bits per heavy atom. The predicted octanol–water partition coefficient (Wildman–Crippen LogP) is 2.15. The lowest BCUT2D eigenvalue weighted by atomic mass is 9.98. The van der Waals surface area contributed by atoms with Crippen LogP contribution in [0.2, 0.25) is 0 Å². The van der Waals surface area contributed by atoms with E-state index in [9.17, 15) is 19.2 Å². The molecule has 1 aliphatic rings. The van der Waals surface area contributed by atoms with E-state index in [-0.39, 0.29) is 16.0 Å². The molecule has 2 N–H and O–H groups in total. The molecule has 2 aromatic carbocycles. The lowest BCUT2D eigenvalue weighted by molar-refractivity contribution is 0.0648. The van der Waals surface area contributed by atoms with Crippen molar-refractivity contribution in [2.45, 2.75) is 16.2 Å². The molecule has 0 aliphatic carbocycles. The zero-order valence-electron chi connectivity index (χ0n) is 10.7. The van der Waals surface area contributed by atoms with Gasteiger partial charge < -0.3 is 14.8 Å². The fourth-order valence-electron chi connectivity index (χ4n) is 2.51. The quantitative estimate of drug-likeness (QED) is 0.828. The SMILES string of the molecule is O=C(O)c1ccc2c(c1C(=O)O)[S+]([O-])c1ccccc1C2. The number of rotatable bonds is 2. The molecule has 0 saturated carbocycles. The molecule has 1 atom stereocenters. The van der Waals surface area contributed by atoms with Crippen LogP contribution < -0.4 is 0 Å². The maximum absolute atomic E-state index is 12.7. The summed E-state index contributed by atoms with van der Waals surface area (Å²) in [6.07, 6.45) is 0.442. The van der Waals surface area contributed by atoms with Gasteiger partial charge in [-0.3, -0.25) is 0 Å². The summed E-state index contributed by atoms with van der Waals surface area (Å²) in [5, 5.41) is 18.5. The number of hydrogen-bond acceptors (Lipinski definition) is 3. The van der Waals surface area contributed by atoms with Gasteiger partial charge in [-0.2, -0.15) is 0 Å². The van der Waals surface area contributed by atoms with Crippen LogP contribution in [0.4, 0.5) is 0 Å². The second-order valence-corrected chi connectivity index (χ2v) is 6.03. The number of hydrogen-bond donors (Lipinski definition) is 2. The zero-order chi connectivity index (χ0) is 15.1. The van der Waals surface area contributed by atoms with Crippen molar-refractivity contribution >= 4 is 23.1 Å². The van der Waals surface area contributed by atoms with E-state index >= 15 is 0 Å². The van der Waals surface area contributed by atoms with Gasteiger partial charge in [0.15, 0.2) is 9.79 Å². The van der Waals surface area contributed by atoms with Crippen LogP contribution >= 0.6 is 0 Å². The lowest BCUT2D eigenvalue weighted by Gasteiger charge is -2.23. The summed E-state index contributed by atoms with van der Waals surface area (Å²) in [4.78, 5) is 23.3. The Bertz CT molecular complexity index is 769. The number of carbonyl (C=O) groups is 2. The minimum atomic E-state index is -1.69. The Morgan fingerprint density at radius 3 is 2.38 bits per heavy atom. The Morgan fingerprint density at radius 1 is 1.00 bits per heavy atom. The molecule has 0 spiro atoms. The molecule has 0 amide bonds. The van der Waals surface area contributed by atoms with Gasteiger partial charge in [0.2, 0.25) is 0 Å². The van der Waals surface area contributed by atoms with E-state index in [1.54, 1.807) is 18.2 Å². The highest BCUT2D eigenvalue weighted by Gasteiger charge is 2.36. The fourth-order valence-corrected chi connectivity index (χ4v) is 4.07. The molecular formula is C15H10O5S. The molecule has 0 radical (unpaired) electrons. The van der Waals surface area contributed by atoms with E-state index in [0.29, 0.717) is 16.9 Å². The normalized spacial score (nSPS) is 16.0. The Hall–Kier alpha value is -2.31. The maximum Gasteiger partial charge on any atom is 0.341 e. The van der Waals surface area contributed by atoms with E-state index in [1.165, 1.54) is 6.07 Å². The van der Waals surface area contributed by atoms with E-state index in [1.807, 2.05) is 12.1 Å². The van der Waals surface area contributed by atoms with Crippen molar-refractivity contribution in [2.75, 3.05) is 0 Å². The zero-order valence-corrected chi connectivity index (χ0v) is 11.5. The minimum Gasteiger partial charge on any atom is -0.606 e. The monoisotopic (exact) mass is 302 g/mol. The van der Waals surface area contributed by atoms with Gasteiger partial charge in [-0.15, -0.1) is 0 Å². The van der Waals surface area contributed by atoms with Gasteiger partial charge in [0, 0.05) is 28.7 Å². The average molecular weight is 302 g/mol. The molecule has 2 aromatic rings. The molecule has 0 fully saturated rings. The van der Waals surface area contributed by atoms with Crippen molar-refractivity contribution in [1.29, 1.82) is 0 Å². The molecule has 6 heteroatoms. The molecular weight excluding hydrogens is 292 g/mol. The van der Waals surface area contributed by atoms with Crippen molar-refractivity contribution in [1.82, 2.24) is 0 Å². The number of carboxylic acids is 2. The van der Waals surface area contributed by atoms with Crippen molar-refractivity contribution in [3.8, 4) is 0 Å². The first-order valence-corrected chi connectivity index (χ1v) is 7.28. The molecule has 3 rings (SSSR count). The number of carboxylic acid groups (broad SMARTS) is 2. The Balaban J connectivity index is 2.29. The van der Waals surface area contributed by atoms with Gasteiger partial charge in [0.25, 0.3) is 0 Å². The van der Waals surface area contributed by atoms with E-state index in [2.05, 4.69) is 0 Å². The smallest absolute Gasteiger partial charge is 0.341 e. The largest absolute Gasteiger partial charge is 0.606 e. The third kappa shape index (κ3) is 2.09. The molecule has 21 heavy (non-hydrogen) atoms. The van der Waals surface area contributed by atoms with Gasteiger partial charge in [-0.25, -0.2) is 9.59 Å². The van der Waals surface area contributed by atoms with Crippen LogP contribution in [0.3, 0.4) is 0 Å². The molecule has 106 valence electrons. The van der Waals surface area contributed by atoms with Crippen LogP contribution in [-0.2, 0) is 17.6 Å². The molecule has 0 bridgehead atoms. The Labute approximate surface area is 123 Å². The van der Waals surface area contributed by atoms with Crippen LogP contribution in [0.25, 0.3) is 0 Å². The summed E-state index contributed by atoms with van der Waals surface area (Å²) in [7, 11) is 0. The first-order chi connectivity index (χ1) is 10.0. The number of benzene rings is 2. The number of fused-ring (bicyclic) bond motifs is 2. The summed E-state index contributed by atoms with van der Waals surface area (Å²) < 4.78 is 12.7. The van der Waals surface area contributed by atoms with Gasteiger partial charge in [0.05, 0.1) is 5.56 Å². The van der Waals surface area contributed by atoms with Crippen LogP contribution in [0.5, 0.6) is 0 Å². The van der Waals surface area contributed by atoms with Crippen molar-refractivity contribution < 1.29 is 24.4 Å². The molecule has 1 heterocycles. The third-order valence-corrected chi connectivity index (χ3v) is 5.06. The maximum atomic E-state index is 12.7. The molecule has 1 unspecified atom stereocenters. The highest BCUT2D eigenvalue weighted by Crippen LogP contribution is 2.37. The molecule has 5 nitrogen and oxygen atoms in total. The van der Waals surface area contributed by atoms with Gasteiger partial charge >= 0.3 is 11.9 Å². The summed E-state index contributed by atoms with van der Waals surface area (Å²) in [5.41, 5.74) is 0.735. The van der Waals surface area contributed by atoms with E-state index in [0.717, 1.165) is 5.56 Å². The van der Waals surface area contributed by atoms with Crippen LogP contribution in [0, 0.1) is 0 Å². The van der Waals surface area contributed by atoms with Gasteiger partial charge in [-0.05, 0) is 12.1 Å². The third-order valence-electron chi connectivity index (χ3n) is 3.42. The standard InChI is InChI=1S/C15H10O5S/c16-14(17)10-6-5-9-7-8-3-1-2-4-11(8)21(20)13(9)12(10)15(18)19/h1-6H,7H2,(H,16,17)(H,18,19). The van der Waals surface area contributed by atoms with Crippen LogP contribution in [0.15, 0.2) is 46.2 Å². The summed E-state index contributed by atoms with van der Waals surface area (Å²) in [6, 6.07) is 9.86. The first kappa shape index (κ1) is 13.7. The lowest BCUT2D eigenvalue weighted by Crippen LogP contribution is -2.21. The average Bonchev–Trinajstić information content (AvgIpc) is 2.46. The topological polar surface area (TPSA) is 97.7 Å². The first-order valence-electron chi connectivity index (χ1n) is 6.13. The highest BCUT2D eigenvalue weighted by molar-refractivity contribution is 7.91. The van der Waals surface area contributed by atoms with E-state index in [4.69, 9.17) is 5.11 Å². The minimum absolute atomic E-state index is 0.0982.